The lowest BCUT2D eigenvalue weighted by atomic mass is 9.90. The number of thiophene rings is 1. The summed E-state index contributed by atoms with van der Waals surface area (Å²) in [6.07, 6.45) is 1.43. The molecule has 0 atom stereocenters. The zero-order valence-corrected chi connectivity index (χ0v) is 22.3. The predicted molar refractivity (Wildman–Crippen MR) is 142 cm³/mol. The Bertz CT molecular complexity index is 1200. The lowest BCUT2D eigenvalue weighted by Gasteiger charge is -2.25. The van der Waals surface area contributed by atoms with Crippen molar-refractivity contribution in [2.45, 2.75) is 50.8 Å². The molecule has 0 saturated carbocycles. The average Bonchev–Trinajstić information content (AvgIpc) is 3.28. The lowest BCUT2D eigenvalue weighted by Crippen LogP contribution is -2.30. The first kappa shape index (κ1) is 26.6. The Hall–Kier alpha value is -1.99. The zero-order chi connectivity index (χ0) is 24.8. The van der Waals surface area contributed by atoms with Crippen LogP contribution in [0, 0.1) is 12.3 Å². The van der Waals surface area contributed by atoms with Crippen molar-refractivity contribution in [1.29, 1.82) is 0 Å². The molecule has 0 radical (unpaired) electrons. The van der Waals surface area contributed by atoms with Gasteiger partial charge in [0.2, 0.25) is 0 Å². The molecule has 2 aromatic carbocycles. The molecule has 34 heavy (non-hydrogen) atoms. The second kappa shape index (κ2) is 11.6. The van der Waals surface area contributed by atoms with Crippen LogP contribution in [0.25, 0.3) is 0 Å². The van der Waals surface area contributed by atoms with Crippen LogP contribution in [0.15, 0.2) is 64.9 Å². The molecule has 0 unspecified atom stereocenters. The Morgan fingerprint density at radius 2 is 1.68 bits per heavy atom. The van der Waals surface area contributed by atoms with E-state index < -0.39 is 9.84 Å². The highest BCUT2D eigenvalue weighted by atomic mass is 35.5. The third kappa shape index (κ3) is 8.05. The number of ketones is 1. The van der Waals surface area contributed by atoms with Crippen LogP contribution in [0.2, 0.25) is 5.02 Å². The molecule has 0 aliphatic heterocycles. The van der Waals surface area contributed by atoms with E-state index in [0.717, 1.165) is 18.0 Å². The molecule has 3 rings (SSSR count). The Kier molecular flexibility index (Phi) is 9.10. The minimum absolute atomic E-state index is 0.0226. The average molecular weight is 518 g/mol. The number of rotatable bonds is 12. The topological polar surface area (TPSA) is 63.2 Å². The summed E-state index contributed by atoms with van der Waals surface area (Å²) >= 11 is 7.14. The third-order valence-electron chi connectivity index (χ3n) is 5.81. The Morgan fingerprint density at radius 1 is 1.00 bits per heavy atom. The summed E-state index contributed by atoms with van der Waals surface area (Å²) in [5.41, 5.74) is 2.92. The molecule has 0 amide bonds. The van der Waals surface area contributed by atoms with Gasteiger partial charge in [-0.05, 0) is 67.1 Å². The third-order valence-corrected chi connectivity index (χ3v) is 9.50. The molecule has 4 nitrogen and oxygen atoms in total. The van der Waals surface area contributed by atoms with Crippen LogP contribution in [-0.2, 0) is 22.8 Å². The van der Waals surface area contributed by atoms with Crippen LogP contribution < -0.4 is 5.32 Å². The van der Waals surface area contributed by atoms with Crippen LogP contribution in [0.1, 0.15) is 53.1 Å². The molecule has 0 bridgehead atoms. The van der Waals surface area contributed by atoms with Crippen molar-refractivity contribution in [1.82, 2.24) is 5.32 Å². The van der Waals surface area contributed by atoms with Gasteiger partial charge in [-0.15, -0.1) is 11.3 Å². The van der Waals surface area contributed by atoms with Crippen molar-refractivity contribution in [3.8, 4) is 0 Å². The Balaban J connectivity index is 1.48. The lowest BCUT2D eigenvalue weighted by molar-refractivity contribution is 0.0983. The first-order valence-corrected chi connectivity index (χ1v) is 14.3. The molecular formula is C27H32ClNO3S2. The SMILES string of the molecule is Cc1ccc(CNCC(C)(C)CCS(=O)(=O)c2ccc(CCC(=O)c3ccc(Cl)cc3)s2)cc1. The zero-order valence-electron chi connectivity index (χ0n) is 19.9. The second-order valence-electron chi connectivity index (χ2n) is 9.47. The van der Waals surface area contributed by atoms with Gasteiger partial charge in [0.25, 0.3) is 0 Å². The minimum atomic E-state index is -3.36. The molecular weight excluding hydrogens is 486 g/mol. The number of halogens is 1. The molecule has 0 fully saturated rings. The first-order valence-electron chi connectivity index (χ1n) is 11.4. The quantitative estimate of drug-likeness (QED) is 0.278. The number of aryl methyl sites for hydroxylation is 2. The fraction of sp³-hybridized carbons (Fsp3) is 0.370. The number of nitrogens with one attached hydrogen (secondary N) is 1. The number of sulfone groups is 1. The molecule has 7 heteroatoms. The molecule has 1 heterocycles. The van der Waals surface area contributed by atoms with Gasteiger partial charge in [0.15, 0.2) is 15.6 Å². The number of benzene rings is 2. The summed E-state index contributed by atoms with van der Waals surface area (Å²) in [6.45, 7) is 7.75. The molecule has 0 spiro atoms. The number of hydrogen-bond donors (Lipinski definition) is 1. The smallest absolute Gasteiger partial charge is 0.187 e. The Morgan fingerprint density at radius 3 is 2.35 bits per heavy atom. The Labute approximate surface area is 212 Å². The largest absolute Gasteiger partial charge is 0.312 e. The number of carbonyl (C=O) groups is 1. The van der Waals surface area contributed by atoms with E-state index in [1.165, 1.54) is 22.5 Å². The summed E-state index contributed by atoms with van der Waals surface area (Å²) in [4.78, 5) is 13.3. The summed E-state index contributed by atoms with van der Waals surface area (Å²) in [6, 6.07) is 18.7. The van der Waals surface area contributed by atoms with Crippen molar-refractivity contribution in [3.63, 3.8) is 0 Å². The van der Waals surface area contributed by atoms with E-state index in [-0.39, 0.29) is 17.0 Å². The number of Topliss-reactive ketones (excluding diaryl/α,β-unsaturated/α-hetero) is 1. The maximum atomic E-state index is 12.9. The first-order chi connectivity index (χ1) is 16.0. The van der Waals surface area contributed by atoms with Crippen LogP contribution >= 0.6 is 22.9 Å². The van der Waals surface area contributed by atoms with Crippen molar-refractivity contribution in [3.05, 3.63) is 87.3 Å². The van der Waals surface area contributed by atoms with Crippen LogP contribution in [0.4, 0.5) is 0 Å². The highest BCUT2D eigenvalue weighted by molar-refractivity contribution is 7.93. The van der Waals surface area contributed by atoms with Gasteiger partial charge in [0, 0.05) is 35.0 Å². The summed E-state index contributed by atoms with van der Waals surface area (Å²) in [5, 5.41) is 4.05. The van der Waals surface area contributed by atoms with Crippen molar-refractivity contribution in [2.75, 3.05) is 12.3 Å². The summed E-state index contributed by atoms with van der Waals surface area (Å²) in [7, 11) is -3.36. The summed E-state index contributed by atoms with van der Waals surface area (Å²) in [5.74, 6) is 0.130. The monoisotopic (exact) mass is 517 g/mol. The highest BCUT2D eigenvalue weighted by Gasteiger charge is 2.24. The van der Waals surface area contributed by atoms with Gasteiger partial charge in [0.05, 0.1) is 5.75 Å². The molecule has 182 valence electrons. The molecule has 1 aromatic heterocycles. The van der Waals surface area contributed by atoms with Gasteiger partial charge >= 0.3 is 0 Å². The van der Waals surface area contributed by atoms with E-state index >= 15 is 0 Å². The van der Waals surface area contributed by atoms with E-state index in [4.69, 9.17) is 11.6 Å². The van der Waals surface area contributed by atoms with Crippen molar-refractivity contribution in [2.24, 2.45) is 5.41 Å². The van der Waals surface area contributed by atoms with Gasteiger partial charge in [0.1, 0.15) is 4.21 Å². The fourth-order valence-corrected chi connectivity index (χ4v) is 6.76. The second-order valence-corrected chi connectivity index (χ2v) is 13.4. The van der Waals surface area contributed by atoms with Gasteiger partial charge < -0.3 is 5.32 Å². The maximum absolute atomic E-state index is 12.9. The van der Waals surface area contributed by atoms with E-state index in [1.807, 2.05) is 6.07 Å². The van der Waals surface area contributed by atoms with Gasteiger partial charge in [-0.3, -0.25) is 4.79 Å². The van der Waals surface area contributed by atoms with Crippen LogP contribution in [0.3, 0.4) is 0 Å². The molecule has 1 N–H and O–H groups in total. The van der Waals surface area contributed by atoms with Crippen molar-refractivity contribution >= 4 is 38.6 Å². The maximum Gasteiger partial charge on any atom is 0.187 e. The van der Waals surface area contributed by atoms with Gasteiger partial charge in [-0.2, -0.15) is 0 Å². The van der Waals surface area contributed by atoms with E-state index in [1.54, 1.807) is 30.3 Å². The van der Waals surface area contributed by atoms with E-state index in [0.29, 0.717) is 34.1 Å². The molecule has 3 aromatic rings. The van der Waals surface area contributed by atoms with Crippen LogP contribution in [0.5, 0.6) is 0 Å². The predicted octanol–water partition coefficient (Wildman–Crippen LogP) is 6.51. The minimum Gasteiger partial charge on any atom is -0.312 e. The summed E-state index contributed by atoms with van der Waals surface area (Å²) < 4.78 is 26.2. The molecule has 0 saturated heterocycles. The van der Waals surface area contributed by atoms with Gasteiger partial charge in [-0.25, -0.2) is 8.42 Å². The van der Waals surface area contributed by atoms with Gasteiger partial charge in [-0.1, -0.05) is 55.3 Å². The fourth-order valence-electron chi connectivity index (χ4n) is 3.53. The van der Waals surface area contributed by atoms with Crippen LogP contribution in [-0.4, -0.2) is 26.5 Å². The van der Waals surface area contributed by atoms with E-state index in [9.17, 15) is 13.2 Å². The highest BCUT2D eigenvalue weighted by Crippen LogP contribution is 2.28. The molecule has 0 aliphatic rings. The number of hydrogen-bond acceptors (Lipinski definition) is 5. The standard InChI is InChI=1S/C27H32ClNO3S2/c1-20-4-6-21(7-5-20)18-29-19-27(2,3)16-17-34(31,32)26-15-13-24(33-26)12-14-25(30)22-8-10-23(28)11-9-22/h4-11,13,15,29H,12,14,16-19H2,1-3H3. The van der Waals surface area contributed by atoms with Crippen molar-refractivity contribution < 1.29 is 13.2 Å². The van der Waals surface area contributed by atoms with E-state index in [2.05, 4.69) is 50.4 Å². The number of carbonyl (C=O) groups excluding carboxylic acids is 1. The normalized spacial score (nSPS) is 12.1. The molecule has 0 aliphatic carbocycles.